The normalized spacial score (nSPS) is 10.6. The molecule has 7 heteroatoms. The number of aliphatic carboxylic acids is 1. The van der Waals surface area contributed by atoms with E-state index in [0.29, 0.717) is 0 Å². The van der Waals surface area contributed by atoms with Crippen molar-refractivity contribution in [1.82, 2.24) is 5.32 Å². The van der Waals surface area contributed by atoms with Gasteiger partial charge in [0.25, 0.3) is 0 Å². The van der Waals surface area contributed by atoms with Gasteiger partial charge in [-0.1, -0.05) is 45.1 Å². The van der Waals surface area contributed by atoms with E-state index >= 15 is 0 Å². The molecule has 132 valence electrons. The summed E-state index contributed by atoms with van der Waals surface area (Å²) in [5.41, 5.74) is 6.11. The molecule has 0 aliphatic rings. The van der Waals surface area contributed by atoms with E-state index in [1.54, 1.807) is 12.1 Å². The molecule has 0 radical (unpaired) electrons. The number of anilines is 1. The molecule has 0 aliphatic heterocycles. The number of ketones is 1. The Kier molecular flexibility index (Phi) is 10.3. The van der Waals surface area contributed by atoms with Crippen LogP contribution < -0.4 is 11.1 Å². The molecule has 1 aromatic rings. The van der Waals surface area contributed by atoms with Crippen LogP contribution in [0.25, 0.3) is 0 Å². The summed E-state index contributed by atoms with van der Waals surface area (Å²) in [6.45, 7) is 7.55. The molecule has 0 saturated carbocycles. The highest BCUT2D eigenvalue weighted by Crippen LogP contribution is 2.14. The van der Waals surface area contributed by atoms with E-state index in [0.717, 1.165) is 0 Å². The lowest BCUT2D eigenvalue weighted by Gasteiger charge is -2.14. The second-order valence-electron chi connectivity index (χ2n) is 4.84. The summed E-state index contributed by atoms with van der Waals surface area (Å²) in [7, 11) is 0. The molecule has 0 spiro atoms. The lowest BCUT2D eigenvalue weighted by Crippen LogP contribution is -2.42. The number of hydrogen-bond donors (Lipinski definition) is 3. The summed E-state index contributed by atoms with van der Waals surface area (Å²) >= 11 is 0. The molecular weight excluding hydrogens is 312 g/mol. The number of nitrogens with two attached hydrogens (primary N) is 1. The Labute approximate surface area is 141 Å². The predicted molar refractivity (Wildman–Crippen MR) is 91.9 cm³/mol. The Morgan fingerprint density at radius 2 is 1.92 bits per heavy atom. The van der Waals surface area contributed by atoms with E-state index in [1.165, 1.54) is 24.6 Å². The molecule has 1 amide bonds. The summed E-state index contributed by atoms with van der Waals surface area (Å²) in [4.78, 5) is 34.4. The fourth-order valence-corrected chi connectivity index (χ4v) is 1.56. The van der Waals surface area contributed by atoms with Crippen LogP contribution in [0.1, 0.15) is 37.0 Å². The van der Waals surface area contributed by atoms with Crippen LogP contribution in [-0.2, 0) is 9.53 Å². The number of ether oxygens (including phenoxy) is 1. The van der Waals surface area contributed by atoms with E-state index < -0.39 is 30.3 Å². The number of Topliss-reactive ketones (excluding diaryl/α,β-unsaturated/α-hetero) is 1. The van der Waals surface area contributed by atoms with Gasteiger partial charge in [-0.25, -0.2) is 9.59 Å². The third kappa shape index (κ3) is 7.98. The monoisotopic (exact) mass is 336 g/mol. The number of amides is 1. The molecule has 1 aromatic carbocycles. The molecule has 0 bridgehead atoms. The number of carboxylic acids is 1. The SMILES string of the molecule is C=CCOC(=O)NC(CC(=O)c1ccccc1N)C(=O)O.CCC. The summed E-state index contributed by atoms with van der Waals surface area (Å²) in [5.74, 6) is -1.82. The van der Waals surface area contributed by atoms with Gasteiger partial charge in [-0.3, -0.25) is 4.79 Å². The van der Waals surface area contributed by atoms with Gasteiger partial charge in [0, 0.05) is 17.7 Å². The first-order valence-electron chi connectivity index (χ1n) is 7.51. The number of para-hydroxylation sites is 1. The second kappa shape index (κ2) is 11.7. The Morgan fingerprint density at radius 1 is 1.33 bits per heavy atom. The van der Waals surface area contributed by atoms with Crippen LogP contribution in [0.15, 0.2) is 36.9 Å². The van der Waals surface area contributed by atoms with Gasteiger partial charge >= 0.3 is 12.1 Å². The summed E-state index contributed by atoms with van der Waals surface area (Å²) in [6.07, 6.45) is 1.23. The van der Waals surface area contributed by atoms with Gasteiger partial charge in [-0.2, -0.15) is 0 Å². The Morgan fingerprint density at radius 3 is 2.42 bits per heavy atom. The Balaban J connectivity index is 0.00000163. The maximum Gasteiger partial charge on any atom is 0.408 e. The number of rotatable bonds is 7. The van der Waals surface area contributed by atoms with Crippen molar-refractivity contribution < 1.29 is 24.2 Å². The number of hydrogen-bond acceptors (Lipinski definition) is 5. The van der Waals surface area contributed by atoms with Crippen molar-refractivity contribution in [3.05, 3.63) is 42.5 Å². The maximum absolute atomic E-state index is 12.0. The molecule has 0 aromatic heterocycles. The highest BCUT2D eigenvalue weighted by molar-refractivity contribution is 6.03. The minimum Gasteiger partial charge on any atom is -0.480 e. The van der Waals surface area contributed by atoms with E-state index in [2.05, 4.69) is 30.5 Å². The lowest BCUT2D eigenvalue weighted by molar-refractivity contribution is -0.139. The molecule has 1 unspecified atom stereocenters. The van der Waals surface area contributed by atoms with E-state index in [9.17, 15) is 14.4 Å². The van der Waals surface area contributed by atoms with Crippen molar-refractivity contribution in [2.45, 2.75) is 32.7 Å². The zero-order valence-corrected chi connectivity index (χ0v) is 14.0. The average molecular weight is 336 g/mol. The van der Waals surface area contributed by atoms with Crippen molar-refractivity contribution in [2.24, 2.45) is 0 Å². The molecule has 7 nitrogen and oxygen atoms in total. The molecule has 4 N–H and O–H groups in total. The van der Waals surface area contributed by atoms with Gasteiger partial charge in [0.15, 0.2) is 5.78 Å². The van der Waals surface area contributed by atoms with Crippen molar-refractivity contribution in [2.75, 3.05) is 12.3 Å². The largest absolute Gasteiger partial charge is 0.480 e. The molecule has 1 atom stereocenters. The highest BCUT2D eigenvalue weighted by atomic mass is 16.5. The number of carbonyl (C=O) groups is 3. The number of alkyl carbamates (subject to hydrolysis) is 1. The Hall–Kier alpha value is -2.83. The minimum atomic E-state index is -1.39. The number of benzene rings is 1. The van der Waals surface area contributed by atoms with Gasteiger partial charge in [0.2, 0.25) is 0 Å². The second-order valence-corrected chi connectivity index (χ2v) is 4.84. The number of nitrogens with one attached hydrogen (secondary N) is 1. The highest BCUT2D eigenvalue weighted by Gasteiger charge is 2.25. The van der Waals surface area contributed by atoms with Gasteiger partial charge in [-0.05, 0) is 12.1 Å². The standard InChI is InChI=1S/C14H16N2O5.C3H8/c1-2-7-21-14(20)16-11(13(18)19)8-12(17)9-5-3-4-6-10(9)15;1-3-2/h2-6,11H,1,7-8,15H2,(H,16,20)(H,18,19);3H2,1-2H3. The molecule has 0 saturated heterocycles. The van der Waals surface area contributed by atoms with Crippen LogP contribution in [0, 0.1) is 0 Å². The van der Waals surface area contributed by atoms with Crippen molar-refractivity contribution in [3.63, 3.8) is 0 Å². The lowest BCUT2D eigenvalue weighted by atomic mass is 10.0. The number of carbonyl (C=O) groups excluding carboxylic acids is 2. The quantitative estimate of drug-likeness (QED) is 0.400. The van der Waals surface area contributed by atoms with E-state index in [-0.39, 0.29) is 17.9 Å². The molecule has 1 rings (SSSR count). The van der Waals surface area contributed by atoms with Gasteiger partial charge in [-0.15, -0.1) is 0 Å². The van der Waals surface area contributed by atoms with Gasteiger partial charge in [0.1, 0.15) is 12.6 Å². The zero-order chi connectivity index (χ0) is 18.5. The molecule has 0 aliphatic carbocycles. The van der Waals surface area contributed by atoms with Crippen LogP contribution in [0.2, 0.25) is 0 Å². The minimum absolute atomic E-state index is 0.0578. The molecular formula is C17H24N2O5. The molecule has 0 heterocycles. The first-order chi connectivity index (χ1) is 11.4. The van der Waals surface area contributed by atoms with Gasteiger partial charge < -0.3 is 20.9 Å². The third-order valence-corrected chi connectivity index (χ3v) is 2.57. The fraction of sp³-hybridized carbons (Fsp3) is 0.353. The summed E-state index contributed by atoms with van der Waals surface area (Å²) < 4.78 is 4.62. The zero-order valence-electron chi connectivity index (χ0n) is 14.0. The van der Waals surface area contributed by atoms with E-state index in [1.807, 2.05) is 0 Å². The number of carboxylic acid groups (broad SMARTS) is 1. The third-order valence-electron chi connectivity index (χ3n) is 2.57. The van der Waals surface area contributed by atoms with Crippen LogP contribution in [0.3, 0.4) is 0 Å². The maximum atomic E-state index is 12.0. The van der Waals surface area contributed by atoms with Crippen LogP contribution in [0.4, 0.5) is 10.5 Å². The first-order valence-corrected chi connectivity index (χ1v) is 7.51. The van der Waals surface area contributed by atoms with Crippen molar-refractivity contribution in [1.29, 1.82) is 0 Å². The predicted octanol–water partition coefficient (Wildman–Crippen LogP) is 2.62. The average Bonchev–Trinajstić information content (AvgIpc) is 2.53. The van der Waals surface area contributed by atoms with Crippen LogP contribution >= 0.6 is 0 Å². The van der Waals surface area contributed by atoms with Crippen LogP contribution in [-0.4, -0.2) is 35.6 Å². The smallest absolute Gasteiger partial charge is 0.408 e. The van der Waals surface area contributed by atoms with Crippen LogP contribution in [0.5, 0.6) is 0 Å². The van der Waals surface area contributed by atoms with Crippen molar-refractivity contribution >= 4 is 23.5 Å². The topological polar surface area (TPSA) is 119 Å². The summed E-state index contributed by atoms with van der Waals surface area (Å²) in [6, 6.07) is 4.91. The first kappa shape index (κ1) is 21.2. The van der Waals surface area contributed by atoms with E-state index in [4.69, 9.17) is 10.8 Å². The molecule has 24 heavy (non-hydrogen) atoms. The summed E-state index contributed by atoms with van der Waals surface area (Å²) in [5, 5.41) is 11.1. The molecule has 0 fully saturated rings. The van der Waals surface area contributed by atoms with Crippen molar-refractivity contribution in [3.8, 4) is 0 Å². The number of nitrogen functional groups attached to an aromatic ring is 1. The Bertz CT molecular complexity index is 572. The van der Waals surface area contributed by atoms with Gasteiger partial charge in [0.05, 0.1) is 0 Å². The fourth-order valence-electron chi connectivity index (χ4n) is 1.56.